The van der Waals surface area contributed by atoms with E-state index >= 15 is 0 Å². The molecule has 0 aliphatic carbocycles. The zero-order valence-corrected chi connectivity index (χ0v) is 14.0. The van der Waals surface area contributed by atoms with E-state index in [1.165, 1.54) is 18.2 Å². The van der Waals surface area contributed by atoms with Crippen LogP contribution in [0.4, 0.5) is 0 Å². The van der Waals surface area contributed by atoms with E-state index in [0.29, 0.717) is 5.02 Å². The van der Waals surface area contributed by atoms with E-state index in [2.05, 4.69) is 10.0 Å². The lowest BCUT2D eigenvalue weighted by molar-refractivity contribution is 0.349. The molecule has 4 nitrogen and oxygen atoms in total. The second-order valence-corrected chi connectivity index (χ2v) is 7.21. The average Bonchev–Trinajstić information content (AvgIpc) is 2.31. The van der Waals surface area contributed by atoms with Gasteiger partial charge in [-0.25, -0.2) is 13.1 Å². The number of sulfonamides is 1. The molecule has 0 spiro atoms. The van der Waals surface area contributed by atoms with Crippen LogP contribution in [0.25, 0.3) is 0 Å². The lowest BCUT2D eigenvalue weighted by atomic mass is 10.0. The van der Waals surface area contributed by atoms with Crippen LogP contribution < -0.4 is 10.0 Å². The van der Waals surface area contributed by atoms with Crippen molar-refractivity contribution in [2.24, 2.45) is 0 Å². The van der Waals surface area contributed by atoms with Gasteiger partial charge in [-0.2, -0.15) is 0 Å². The van der Waals surface area contributed by atoms with Crippen molar-refractivity contribution < 1.29 is 8.42 Å². The number of hydrogen-bond acceptors (Lipinski definition) is 3. The van der Waals surface area contributed by atoms with Gasteiger partial charge >= 0.3 is 0 Å². The minimum atomic E-state index is -3.62. The first kappa shape index (κ1) is 18.0. The highest BCUT2D eigenvalue weighted by atomic mass is 35.5. The van der Waals surface area contributed by atoms with Gasteiger partial charge in [-0.15, -0.1) is 12.4 Å². The standard InChI is InChI=1S/C12H16Cl2N2O2S.ClH/c1-8-11(3-2-6-15-8)16-19(17,18)12-5-4-9(13)7-10(12)14;/h4-5,7-8,11,15-16H,2-3,6H2,1H3;1H. The quantitative estimate of drug-likeness (QED) is 0.872. The second-order valence-electron chi connectivity index (χ2n) is 4.69. The van der Waals surface area contributed by atoms with E-state index in [9.17, 15) is 8.42 Å². The summed E-state index contributed by atoms with van der Waals surface area (Å²) in [5, 5.41) is 3.80. The Bertz CT molecular complexity index is 566. The first-order chi connectivity index (χ1) is 8.90. The van der Waals surface area contributed by atoms with Gasteiger partial charge in [-0.05, 0) is 44.5 Å². The second kappa shape index (κ2) is 7.29. The normalized spacial score (nSPS) is 23.1. The molecule has 114 valence electrons. The molecule has 1 fully saturated rings. The Morgan fingerprint density at radius 3 is 2.65 bits per heavy atom. The molecule has 0 radical (unpaired) electrons. The van der Waals surface area contributed by atoms with Crippen molar-refractivity contribution in [3.8, 4) is 0 Å². The molecule has 1 heterocycles. The fourth-order valence-corrected chi connectivity index (χ4v) is 4.28. The molecule has 0 bridgehead atoms. The van der Waals surface area contributed by atoms with Crippen LogP contribution in [-0.2, 0) is 10.0 Å². The molecule has 1 aliphatic heterocycles. The summed E-state index contributed by atoms with van der Waals surface area (Å²) in [4.78, 5) is 0.0661. The molecule has 0 saturated carbocycles. The Labute approximate surface area is 135 Å². The van der Waals surface area contributed by atoms with Crippen LogP contribution in [0.3, 0.4) is 0 Å². The summed E-state index contributed by atoms with van der Waals surface area (Å²) in [5.41, 5.74) is 0. The summed E-state index contributed by atoms with van der Waals surface area (Å²) in [5.74, 6) is 0. The van der Waals surface area contributed by atoms with Gasteiger partial charge in [-0.3, -0.25) is 0 Å². The summed E-state index contributed by atoms with van der Waals surface area (Å²) < 4.78 is 27.3. The molecular formula is C12H17Cl3N2O2S. The van der Waals surface area contributed by atoms with Crippen LogP contribution in [0.15, 0.2) is 23.1 Å². The summed E-state index contributed by atoms with van der Waals surface area (Å²) in [6.07, 6.45) is 1.77. The summed E-state index contributed by atoms with van der Waals surface area (Å²) in [7, 11) is -3.62. The summed E-state index contributed by atoms with van der Waals surface area (Å²) >= 11 is 11.7. The van der Waals surface area contributed by atoms with Crippen molar-refractivity contribution >= 4 is 45.6 Å². The molecule has 2 unspecified atom stereocenters. The Morgan fingerprint density at radius 2 is 2.05 bits per heavy atom. The first-order valence-electron chi connectivity index (χ1n) is 6.11. The zero-order valence-electron chi connectivity index (χ0n) is 10.9. The molecule has 1 aromatic rings. The predicted molar refractivity (Wildman–Crippen MR) is 84.5 cm³/mol. The molecule has 2 rings (SSSR count). The van der Waals surface area contributed by atoms with Crippen LogP contribution >= 0.6 is 35.6 Å². The van der Waals surface area contributed by atoms with Crippen molar-refractivity contribution in [1.29, 1.82) is 0 Å². The molecule has 20 heavy (non-hydrogen) atoms. The summed E-state index contributed by atoms with van der Waals surface area (Å²) in [6.45, 7) is 2.89. The fourth-order valence-electron chi connectivity index (χ4n) is 2.16. The third-order valence-electron chi connectivity index (χ3n) is 3.25. The third-order valence-corrected chi connectivity index (χ3v) is 5.46. The number of rotatable bonds is 3. The van der Waals surface area contributed by atoms with E-state index in [-0.39, 0.29) is 34.4 Å². The first-order valence-corrected chi connectivity index (χ1v) is 8.35. The van der Waals surface area contributed by atoms with Gasteiger partial charge in [0.15, 0.2) is 0 Å². The molecule has 1 aromatic carbocycles. The molecule has 1 aliphatic rings. The largest absolute Gasteiger partial charge is 0.313 e. The van der Waals surface area contributed by atoms with Crippen molar-refractivity contribution in [1.82, 2.24) is 10.0 Å². The number of piperidine rings is 1. The SMILES string of the molecule is CC1NCCCC1NS(=O)(=O)c1ccc(Cl)cc1Cl.Cl. The van der Waals surface area contributed by atoms with Gasteiger partial charge in [-0.1, -0.05) is 23.2 Å². The Hall–Kier alpha value is -0.0400. The number of halogens is 3. The highest BCUT2D eigenvalue weighted by Crippen LogP contribution is 2.25. The molecule has 1 saturated heterocycles. The Morgan fingerprint density at radius 1 is 1.35 bits per heavy atom. The van der Waals surface area contributed by atoms with Crippen LogP contribution in [-0.4, -0.2) is 27.0 Å². The van der Waals surface area contributed by atoms with E-state index < -0.39 is 10.0 Å². The van der Waals surface area contributed by atoms with Gasteiger partial charge in [0.1, 0.15) is 4.90 Å². The Balaban J connectivity index is 0.00000200. The summed E-state index contributed by atoms with van der Waals surface area (Å²) in [6, 6.07) is 4.36. The molecule has 2 N–H and O–H groups in total. The fraction of sp³-hybridized carbons (Fsp3) is 0.500. The van der Waals surface area contributed by atoms with Crippen LogP contribution in [0.1, 0.15) is 19.8 Å². The van der Waals surface area contributed by atoms with Gasteiger partial charge in [0, 0.05) is 17.1 Å². The van der Waals surface area contributed by atoms with E-state index in [1.54, 1.807) is 0 Å². The van der Waals surface area contributed by atoms with Gasteiger partial charge in [0.05, 0.1) is 5.02 Å². The monoisotopic (exact) mass is 358 g/mol. The zero-order chi connectivity index (χ0) is 14.0. The van der Waals surface area contributed by atoms with E-state index in [1.807, 2.05) is 6.92 Å². The van der Waals surface area contributed by atoms with Crippen LogP contribution in [0.5, 0.6) is 0 Å². The topological polar surface area (TPSA) is 58.2 Å². The van der Waals surface area contributed by atoms with Crippen molar-refractivity contribution in [2.75, 3.05) is 6.54 Å². The molecule has 0 aromatic heterocycles. The molecule has 0 amide bonds. The van der Waals surface area contributed by atoms with Crippen molar-refractivity contribution in [2.45, 2.75) is 36.7 Å². The lowest BCUT2D eigenvalue weighted by Gasteiger charge is -2.30. The minimum absolute atomic E-state index is 0. The van der Waals surface area contributed by atoms with Crippen molar-refractivity contribution in [3.63, 3.8) is 0 Å². The van der Waals surface area contributed by atoms with Crippen molar-refractivity contribution in [3.05, 3.63) is 28.2 Å². The van der Waals surface area contributed by atoms with E-state index in [4.69, 9.17) is 23.2 Å². The van der Waals surface area contributed by atoms with E-state index in [0.717, 1.165) is 19.4 Å². The molecular weight excluding hydrogens is 343 g/mol. The maximum absolute atomic E-state index is 12.3. The predicted octanol–water partition coefficient (Wildman–Crippen LogP) is 2.83. The van der Waals surface area contributed by atoms with Crippen LogP contribution in [0, 0.1) is 0 Å². The number of benzene rings is 1. The maximum atomic E-state index is 12.3. The molecule has 2 atom stereocenters. The number of hydrogen-bond donors (Lipinski definition) is 2. The van der Waals surface area contributed by atoms with Crippen LogP contribution in [0.2, 0.25) is 10.0 Å². The van der Waals surface area contributed by atoms with Gasteiger partial charge < -0.3 is 5.32 Å². The maximum Gasteiger partial charge on any atom is 0.242 e. The van der Waals surface area contributed by atoms with Gasteiger partial charge in [0.2, 0.25) is 10.0 Å². The minimum Gasteiger partial charge on any atom is -0.313 e. The smallest absolute Gasteiger partial charge is 0.242 e. The lowest BCUT2D eigenvalue weighted by Crippen LogP contribution is -2.51. The molecule has 8 heteroatoms. The Kier molecular flexibility index (Phi) is 6.57. The third kappa shape index (κ3) is 4.23. The number of nitrogens with one attached hydrogen (secondary N) is 2. The van der Waals surface area contributed by atoms with Gasteiger partial charge in [0.25, 0.3) is 0 Å². The highest BCUT2D eigenvalue weighted by molar-refractivity contribution is 7.89. The average molecular weight is 360 g/mol. The highest BCUT2D eigenvalue weighted by Gasteiger charge is 2.27.